The first-order chi connectivity index (χ1) is 13.0. The van der Waals surface area contributed by atoms with Crippen LogP contribution in [0.1, 0.15) is 46.5 Å². The molecule has 3 saturated carbocycles. The number of hydrogen-bond acceptors (Lipinski definition) is 3. The van der Waals surface area contributed by atoms with Gasteiger partial charge in [0.15, 0.2) is 18.2 Å². The molecule has 4 aliphatic rings. The molecule has 0 heterocycles. The van der Waals surface area contributed by atoms with Gasteiger partial charge < -0.3 is 5.11 Å². The number of halogens is 3. The normalized spacial score (nSPS) is 52.5. The number of carbonyl (C=O) groups excluding carboxylic acids is 2. The molecule has 0 amide bonds. The lowest BCUT2D eigenvalue weighted by Gasteiger charge is -2.63. The molecule has 1 N–H and O–H groups in total. The lowest BCUT2D eigenvalue weighted by molar-refractivity contribution is -0.165. The molecule has 4 aliphatic carbocycles. The number of carbonyl (C=O) groups is 2. The minimum Gasteiger partial charge on any atom is -0.381 e. The van der Waals surface area contributed by atoms with E-state index in [4.69, 9.17) is 23.2 Å². The molecule has 8 atom stereocenters. The Morgan fingerprint density at radius 2 is 2.04 bits per heavy atom. The summed E-state index contributed by atoms with van der Waals surface area (Å²) < 4.78 is 13.4. The second-order valence-electron chi connectivity index (χ2n) is 9.68. The molecule has 0 bridgehead atoms. The fraction of sp³-hybridized carbons (Fsp3) is 0.727. The summed E-state index contributed by atoms with van der Waals surface area (Å²) in [5, 5.41) is 10.9. The molecule has 4 rings (SSSR count). The second kappa shape index (κ2) is 6.15. The summed E-state index contributed by atoms with van der Waals surface area (Å²) in [5.74, 6) is -1.22. The van der Waals surface area contributed by atoms with Crippen LogP contribution in [0, 0.1) is 28.6 Å². The van der Waals surface area contributed by atoms with Crippen molar-refractivity contribution in [2.24, 2.45) is 28.6 Å². The van der Waals surface area contributed by atoms with Gasteiger partial charge in [-0.15, -0.1) is 23.2 Å². The molecular weight excluding hydrogens is 402 g/mol. The van der Waals surface area contributed by atoms with E-state index in [-0.39, 0.29) is 23.5 Å². The SMILES string of the molecule is C[C@@H]1C[C@H]2[C@@H]3CCC4=CC(=O)C=C[C@]4(C)[C@@]3(Cl)[C@@H](Cl)C[C@]2(C)[C@@]1(O)C(=O)CF. The van der Waals surface area contributed by atoms with Crippen LogP contribution in [0.3, 0.4) is 0 Å². The summed E-state index contributed by atoms with van der Waals surface area (Å²) >= 11 is 14.4. The van der Waals surface area contributed by atoms with Gasteiger partial charge in [-0.3, -0.25) is 9.59 Å². The summed E-state index contributed by atoms with van der Waals surface area (Å²) in [4.78, 5) is 23.6. The Morgan fingerprint density at radius 3 is 2.68 bits per heavy atom. The third-order valence-electron chi connectivity index (χ3n) is 8.73. The van der Waals surface area contributed by atoms with Crippen molar-refractivity contribution >= 4 is 34.8 Å². The highest BCUT2D eigenvalue weighted by molar-refractivity contribution is 6.34. The molecule has 0 aromatic rings. The van der Waals surface area contributed by atoms with Gasteiger partial charge in [0.1, 0.15) is 5.60 Å². The fourth-order valence-electron chi connectivity index (χ4n) is 7.18. The molecule has 0 aromatic heterocycles. The van der Waals surface area contributed by atoms with Gasteiger partial charge >= 0.3 is 0 Å². The number of fused-ring (bicyclic) bond motifs is 5. The van der Waals surface area contributed by atoms with Gasteiger partial charge in [-0.25, -0.2) is 4.39 Å². The highest BCUT2D eigenvalue weighted by atomic mass is 35.5. The summed E-state index contributed by atoms with van der Waals surface area (Å²) in [6, 6.07) is 0. The predicted octanol–water partition coefficient (Wildman–Crippen LogP) is 4.39. The Bertz CT molecular complexity index is 810. The third-order valence-corrected chi connectivity index (χ3v) is 10.3. The zero-order valence-corrected chi connectivity index (χ0v) is 18.0. The van der Waals surface area contributed by atoms with Crippen LogP contribution in [-0.2, 0) is 9.59 Å². The maximum atomic E-state index is 13.4. The number of hydrogen-bond donors (Lipinski definition) is 1. The van der Waals surface area contributed by atoms with Crippen LogP contribution in [-0.4, -0.2) is 39.2 Å². The largest absolute Gasteiger partial charge is 0.381 e. The number of ketones is 2. The standard InChI is InChI=1S/C22H27Cl2FO3/c1-12-8-16-15-5-4-13-9-14(26)6-7-19(13,2)21(15,24)17(23)10-20(16,3)22(12,28)18(27)11-25/h6-7,9,12,15-17,28H,4-5,8,10-11H2,1-3H3/t12-,15+,16+,17+,19+,20+,21+,22+/m1/s1. The predicted molar refractivity (Wildman–Crippen MR) is 107 cm³/mol. The molecule has 3 fully saturated rings. The van der Waals surface area contributed by atoms with E-state index in [1.807, 2.05) is 26.8 Å². The van der Waals surface area contributed by atoms with Crippen molar-refractivity contribution in [3.05, 3.63) is 23.8 Å². The lowest BCUT2D eigenvalue weighted by Crippen LogP contribution is -2.67. The van der Waals surface area contributed by atoms with Gasteiger partial charge in [0.25, 0.3) is 0 Å². The highest BCUT2D eigenvalue weighted by Gasteiger charge is 2.74. The Hall–Kier alpha value is -0.710. The molecule has 0 unspecified atom stereocenters. The van der Waals surface area contributed by atoms with E-state index in [0.717, 1.165) is 18.4 Å². The van der Waals surface area contributed by atoms with Gasteiger partial charge in [0.2, 0.25) is 0 Å². The van der Waals surface area contributed by atoms with Crippen LogP contribution in [0.15, 0.2) is 23.8 Å². The fourth-order valence-corrected chi connectivity index (χ4v) is 8.41. The molecule has 3 nitrogen and oxygen atoms in total. The number of alkyl halides is 3. The van der Waals surface area contributed by atoms with E-state index in [2.05, 4.69) is 0 Å². The maximum Gasteiger partial charge on any atom is 0.196 e. The number of Topliss-reactive ketones (excluding diaryl/α,β-unsaturated/α-hetero) is 1. The van der Waals surface area contributed by atoms with Gasteiger partial charge in [-0.05, 0) is 55.6 Å². The maximum absolute atomic E-state index is 13.4. The van der Waals surface area contributed by atoms with E-state index in [1.54, 1.807) is 12.2 Å². The monoisotopic (exact) mass is 428 g/mol. The number of rotatable bonds is 2. The summed E-state index contributed by atoms with van der Waals surface area (Å²) in [7, 11) is 0. The first kappa shape index (κ1) is 20.6. The first-order valence-corrected chi connectivity index (χ1v) is 10.9. The van der Waals surface area contributed by atoms with Crippen molar-refractivity contribution in [3.8, 4) is 0 Å². The molecule has 6 heteroatoms. The Balaban J connectivity index is 1.84. The average molecular weight is 429 g/mol. The molecule has 28 heavy (non-hydrogen) atoms. The molecule has 0 aliphatic heterocycles. The van der Waals surface area contributed by atoms with E-state index >= 15 is 0 Å². The lowest BCUT2D eigenvalue weighted by atomic mass is 9.46. The molecule has 154 valence electrons. The zero-order valence-electron chi connectivity index (χ0n) is 16.5. The van der Waals surface area contributed by atoms with Gasteiger partial charge in [-0.2, -0.15) is 0 Å². The highest BCUT2D eigenvalue weighted by Crippen LogP contribution is 2.72. The van der Waals surface area contributed by atoms with E-state index in [9.17, 15) is 19.1 Å². The van der Waals surface area contributed by atoms with Crippen LogP contribution in [0.4, 0.5) is 4.39 Å². The summed E-state index contributed by atoms with van der Waals surface area (Å²) in [6.07, 6.45) is 7.54. The van der Waals surface area contributed by atoms with E-state index in [0.29, 0.717) is 12.8 Å². The zero-order chi connectivity index (χ0) is 20.7. The van der Waals surface area contributed by atoms with Crippen LogP contribution < -0.4 is 0 Å². The van der Waals surface area contributed by atoms with Crippen LogP contribution >= 0.6 is 23.2 Å². The van der Waals surface area contributed by atoms with Crippen molar-refractivity contribution in [2.45, 2.75) is 62.3 Å². The molecule has 0 spiro atoms. The molecule has 0 aromatic carbocycles. The molecule has 0 saturated heterocycles. The average Bonchev–Trinajstić information content (AvgIpc) is 2.84. The smallest absolute Gasteiger partial charge is 0.196 e. The molecule has 0 radical (unpaired) electrons. The van der Waals surface area contributed by atoms with Gasteiger partial charge in [0, 0.05) is 10.8 Å². The Morgan fingerprint density at radius 1 is 1.36 bits per heavy atom. The van der Waals surface area contributed by atoms with Crippen LogP contribution in [0.2, 0.25) is 0 Å². The van der Waals surface area contributed by atoms with E-state index in [1.165, 1.54) is 0 Å². The minimum atomic E-state index is -1.73. The first-order valence-electron chi connectivity index (χ1n) is 10.1. The third kappa shape index (κ3) is 2.15. The van der Waals surface area contributed by atoms with Crippen molar-refractivity contribution in [2.75, 3.05) is 6.67 Å². The molecular formula is C22H27Cl2FO3. The van der Waals surface area contributed by atoms with Crippen molar-refractivity contribution in [1.29, 1.82) is 0 Å². The Labute approximate surface area is 175 Å². The Kier molecular flexibility index (Phi) is 4.52. The summed E-state index contributed by atoms with van der Waals surface area (Å²) in [5.41, 5.74) is -2.11. The van der Waals surface area contributed by atoms with Crippen molar-refractivity contribution in [3.63, 3.8) is 0 Å². The quantitative estimate of drug-likeness (QED) is 0.663. The topological polar surface area (TPSA) is 54.4 Å². The number of allylic oxidation sites excluding steroid dienone is 4. The van der Waals surface area contributed by atoms with Gasteiger partial charge in [0.05, 0.1) is 10.3 Å². The number of aliphatic hydroxyl groups is 1. The van der Waals surface area contributed by atoms with Crippen molar-refractivity contribution in [1.82, 2.24) is 0 Å². The van der Waals surface area contributed by atoms with E-state index < -0.39 is 39.1 Å². The second-order valence-corrected chi connectivity index (χ2v) is 10.8. The van der Waals surface area contributed by atoms with Crippen molar-refractivity contribution < 1.29 is 19.1 Å². The van der Waals surface area contributed by atoms with Gasteiger partial charge in [-0.1, -0.05) is 32.4 Å². The minimum absolute atomic E-state index is 0.0321. The van der Waals surface area contributed by atoms with Crippen LogP contribution in [0.25, 0.3) is 0 Å². The van der Waals surface area contributed by atoms with Crippen LogP contribution in [0.5, 0.6) is 0 Å². The summed E-state index contributed by atoms with van der Waals surface area (Å²) in [6.45, 7) is 4.57.